The van der Waals surface area contributed by atoms with E-state index in [9.17, 15) is 0 Å². The zero-order chi connectivity index (χ0) is 20.5. The van der Waals surface area contributed by atoms with Crippen LogP contribution in [0.5, 0.6) is 0 Å². The van der Waals surface area contributed by atoms with E-state index < -0.39 is 0 Å². The van der Waals surface area contributed by atoms with Crippen LogP contribution in [0.4, 0.5) is 0 Å². The van der Waals surface area contributed by atoms with Gasteiger partial charge in [-0.3, -0.25) is 0 Å². The normalized spacial score (nSPS) is 10.8. The lowest BCUT2D eigenvalue weighted by Crippen LogP contribution is -2.04. The van der Waals surface area contributed by atoms with Crippen LogP contribution in [0.25, 0.3) is 0 Å². The largest absolute Gasteiger partial charge is 0.0541 e. The first-order valence-electron chi connectivity index (χ1n) is 6.19. The first kappa shape index (κ1) is 28.2. The second kappa shape index (κ2) is 12.4. The maximum absolute atomic E-state index is 3.72. The minimum absolute atomic E-state index is 0.0823. The smallest absolute Gasteiger partial charge is 0.0482 e. The van der Waals surface area contributed by atoms with Gasteiger partial charge in [0.1, 0.15) is 0 Å². The first-order chi connectivity index (χ1) is 12.0. The van der Waals surface area contributed by atoms with E-state index in [4.69, 9.17) is 0 Å². The Morgan fingerprint density at radius 3 is 0.731 bits per heavy atom. The Kier molecular flexibility index (Phi) is 13.5. The summed E-state index contributed by atoms with van der Waals surface area (Å²) in [5, 5.41) is 0. The maximum atomic E-state index is 3.72. The minimum atomic E-state index is 0.0823. The Morgan fingerprint density at radius 2 is 0.538 bits per heavy atom. The SMILES string of the molecule is BrBr.CC(c1c(Br)c(Br)c(Br)c(Br)c1Br)c1c(Br)c(Br)c(Br)c(Br)c1Br. The van der Waals surface area contributed by atoms with Crippen LogP contribution in [0.15, 0.2) is 44.7 Å². The van der Waals surface area contributed by atoms with Crippen LogP contribution in [-0.4, -0.2) is 0 Å². The van der Waals surface area contributed by atoms with E-state index in [1.165, 1.54) is 0 Å². The van der Waals surface area contributed by atoms with Crippen LogP contribution < -0.4 is 0 Å². The van der Waals surface area contributed by atoms with Crippen LogP contribution in [0.2, 0.25) is 0 Å². The van der Waals surface area contributed by atoms with Crippen molar-refractivity contribution < 1.29 is 0 Å². The van der Waals surface area contributed by atoms with Crippen LogP contribution in [0.3, 0.4) is 0 Å². The molecule has 0 saturated carbocycles. The lowest BCUT2D eigenvalue weighted by Gasteiger charge is -2.23. The molecule has 26 heavy (non-hydrogen) atoms. The van der Waals surface area contributed by atoms with E-state index in [0.29, 0.717) is 0 Å². The molecule has 0 aliphatic heterocycles. The van der Waals surface area contributed by atoms with Crippen molar-refractivity contribution in [2.24, 2.45) is 0 Å². The van der Waals surface area contributed by atoms with Crippen LogP contribution in [-0.2, 0) is 0 Å². The van der Waals surface area contributed by atoms with Crippen LogP contribution in [0, 0.1) is 0 Å². The van der Waals surface area contributed by atoms with Gasteiger partial charge in [0.15, 0.2) is 0 Å². The van der Waals surface area contributed by atoms with Crippen molar-refractivity contribution in [1.82, 2.24) is 0 Å². The monoisotopic (exact) mass is 1120 g/mol. The van der Waals surface area contributed by atoms with Gasteiger partial charge >= 0.3 is 0 Å². The summed E-state index contributed by atoms with van der Waals surface area (Å²) in [6.07, 6.45) is 0. The summed E-state index contributed by atoms with van der Waals surface area (Å²) in [4.78, 5) is 0. The van der Waals surface area contributed by atoms with E-state index in [2.05, 4.69) is 194 Å². The molecule has 0 N–H and O–H groups in total. The number of benzene rings is 2. The van der Waals surface area contributed by atoms with Crippen molar-refractivity contribution in [1.29, 1.82) is 0 Å². The Balaban J connectivity index is 0.00000163. The second-order valence-electron chi connectivity index (χ2n) is 4.69. The van der Waals surface area contributed by atoms with Gasteiger partial charge in [0.05, 0.1) is 0 Å². The molecule has 0 saturated heterocycles. The third-order valence-corrected chi connectivity index (χ3v) is 15.7. The van der Waals surface area contributed by atoms with E-state index in [-0.39, 0.29) is 5.92 Å². The molecular formula is C14H4Br12. The average molecular weight is 1130 g/mol. The molecule has 0 unspecified atom stereocenters. The first-order valence-corrected chi connectivity index (χ1v) is 17.8. The Labute approximate surface area is 251 Å². The summed E-state index contributed by atoms with van der Waals surface area (Å²) in [6.45, 7) is 2.16. The van der Waals surface area contributed by atoms with Gasteiger partial charge in [0, 0.05) is 78.9 Å². The van der Waals surface area contributed by atoms with Crippen LogP contribution in [0.1, 0.15) is 24.0 Å². The Bertz CT molecular complexity index is 717. The molecule has 2 aromatic carbocycles. The lowest BCUT2D eigenvalue weighted by molar-refractivity contribution is 0.887. The highest BCUT2D eigenvalue weighted by molar-refractivity contribution is 9.93. The van der Waals surface area contributed by atoms with E-state index in [0.717, 1.165) is 55.9 Å². The van der Waals surface area contributed by atoms with E-state index in [1.807, 2.05) is 0 Å². The predicted molar refractivity (Wildman–Crippen MR) is 155 cm³/mol. The highest BCUT2D eigenvalue weighted by Gasteiger charge is 2.28. The molecule has 0 atom stereocenters. The van der Waals surface area contributed by atoms with Gasteiger partial charge in [-0.1, -0.05) is 6.92 Å². The fourth-order valence-corrected chi connectivity index (χ4v) is 9.68. The van der Waals surface area contributed by atoms with Gasteiger partial charge in [-0.2, -0.15) is 0 Å². The summed E-state index contributed by atoms with van der Waals surface area (Å²) >= 11 is 42.1. The van der Waals surface area contributed by atoms with E-state index in [1.54, 1.807) is 0 Å². The predicted octanol–water partition coefficient (Wildman–Crippen LogP) is 13.2. The summed E-state index contributed by atoms with van der Waals surface area (Å²) in [5.74, 6) is 0.0823. The van der Waals surface area contributed by atoms with Gasteiger partial charge in [-0.25, -0.2) is 0 Å². The fourth-order valence-electron chi connectivity index (χ4n) is 2.15. The molecule has 2 rings (SSSR count). The topological polar surface area (TPSA) is 0 Å². The second-order valence-corrected chi connectivity index (χ2v) is 12.6. The zero-order valence-corrected chi connectivity index (χ0v) is 31.1. The molecule has 0 aliphatic rings. The highest BCUT2D eigenvalue weighted by atomic mass is 80.9. The molecular weight excluding hydrogens is 1130 g/mol. The Morgan fingerprint density at radius 1 is 0.385 bits per heavy atom. The molecule has 0 bridgehead atoms. The van der Waals surface area contributed by atoms with Crippen molar-refractivity contribution in [2.75, 3.05) is 0 Å². The third-order valence-electron chi connectivity index (χ3n) is 3.35. The molecule has 0 aromatic heterocycles. The quantitative estimate of drug-likeness (QED) is 0.208. The molecule has 0 spiro atoms. The maximum Gasteiger partial charge on any atom is 0.0482 e. The average Bonchev–Trinajstić information content (AvgIpc) is 2.63. The lowest BCUT2D eigenvalue weighted by atomic mass is 9.93. The van der Waals surface area contributed by atoms with Crippen molar-refractivity contribution in [2.45, 2.75) is 12.8 Å². The molecule has 0 nitrogen and oxygen atoms in total. The number of halogens is 12. The zero-order valence-electron chi connectivity index (χ0n) is 12.1. The van der Waals surface area contributed by atoms with E-state index >= 15 is 0 Å². The molecule has 0 fully saturated rings. The van der Waals surface area contributed by atoms with Crippen molar-refractivity contribution >= 4 is 188 Å². The van der Waals surface area contributed by atoms with Gasteiger partial charge in [0.25, 0.3) is 0 Å². The van der Waals surface area contributed by atoms with Gasteiger partial charge in [-0.15, -0.1) is 0 Å². The molecule has 12 heteroatoms. The summed E-state index contributed by atoms with van der Waals surface area (Å²) < 4.78 is 9.71. The molecule has 0 amide bonds. The standard InChI is InChI=1S/C14H4Br10.Br2/c1-2(3-5(15)9(19)13(23)10(20)6(3)16)4-7(17)11(21)14(24)12(22)8(4)18;1-2/h2H,1H3;. The number of hydrogen-bond donors (Lipinski definition) is 0. The summed E-state index contributed by atoms with van der Waals surface area (Å²) in [5.41, 5.74) is 2.25. The summed E-state index contributed by atoms with van der Waals surface area (Å²) in [7, 11) is 0. The molecule has 2 aromatic rings. The molecule has 0 radical (unpaired) electrons. The van der Waals surface area contributed by atoms with Gasteiger partial charge in [-0.05, 0) is 170 Å². The van der Waals surface area contributed by atoms with Gasteiger partial charge < -0.3 is 0 Å². The highest BCUT2D eigenvalue weighted by Crippen LogP contribution is 2.53. The number of hydrogen-bond acceptors (Lipinski definition) is 0. The molecule has 0 heterocycles. The van der Waals surface area contributed by atoms with Gasteiger partial charge in [0.2, 0.25) is 0 Å². The Hall–Kier alpha value is 4.20. The third kappa shape index (κ3) is 5.76. The van der Waals surface area contributed by atoms with Crippen LogP contribution >= 0.6 is 188 Å². The molecule has 0 aliphatic carbocycles. The molecule has 144 valence electrons. The summed E-state index contributed by atoms with van der Waals surface area (Å²) in [6, 6.07) is 0. The minimum Gasteiger partial charge on any atom is -0.0541 e. The van der Waals surface area contributed by atoms with Crippen molar-refractivity contribution in [3.63, 3.8) is 0 Å². The number of rotatable bonds is 2. The van der Waals surface area contributed by atoms with Crippen molar-refractivity contribution in [3.05, 3.63) is 55.9 Å². The fraction of sp³-hybridized carbons (Fsp3) is 0.143. The van der Waals surface area contributed by atoms with Crippen molar-refractivity contribution in [3.8, 4) is 0 Å².